The van der Waals surface area contributed by atoms with Gasteiger partial charge in [0.25, 0.3) is 10.0 Å². The molecule has 3 atom stereocenters. The molecule has 2 N–H and O–H groups in total. The topological polar surface area (TPSA) is 133 Å². The monoisotopic (exact) mass is 564 g/mol. The molecule has 2 fully saturated rings. The molecular weight excluding hydrogens is 528 g/mol. The normalized spacial score (nSPS) is 19.9. The number of nitrogens with one attached hydrogen (secondary N) is 1. The molecule has 2 aromatic rings. The van der Waals surface area contributed by atoms with Gasteiger partial charge in [-0.25, -0.2) is 13.2 Å². The van der Waals surface area contributed by atoms with Gasteiger partial charge in [-0.15, -0.1) is 0 Å². The van der Waals surface area contributed by atoms with Gasteiger partial charge in [0.1, 0.15) is 11.9 Å². The number of amides is 1. The number of alkyl carbamates (subject to hydrolysis) is 1. The van der Waals surface area contributed by atoms with E-state index in [0.29, 0.717) is 51.4 Å². The van der Waals surface area contributed by atoms with Gasteiger partial charge in [0, 0.05) is 19.6 Å². The second kappa shape index (κ2) is 14.1. The fourth-order valence-corrected chi connectivity index (χ4v) is 5.68. The van der Waals surface area contributed by atoms with E-state index in [1.54, 1.807) is 12.1 Å². The van der Waals surface area contributed by atoms with Gasteiger partial charge in [0.15, 0.2) is 0 Å². The molecule has 214 valence electrons. The summed E-state index contributed by atoms with van der Waals surface area (Å²) in [5.41, 5.74) is 0.848. The third-order valence-corrected chi connectivity index (χ3v) is 8.26. The molecule has 4 rings (SSSR count). The minimum absolute atomic E-state index is 0.0178. The third-order valence-electron chi connectivity index (χ3n) is 6.62. The standard InChI is InChI=1S/C27H36N2O9S/c1-34-21-7-9-24(10-8-21)39(32,33)29(38-22-11-14-35-15-12-22)18-26(30)25(17-20-5-3-2-4-6-20)28-27(31)37-23-13-16-36-19-23/h2-10,22-23,25-26,30H,11-19H2,1H3,(H,28,31)/t23-,25?,26+/m0/s1. The Morgan fingerprint density at radius 3 is 2.33 bits per heavy atom. The zero-order valence-corrected chi connectivity index (χ0v) is 22.8. The maximum absolute atomic E-state index is 13.7. The molecule has 11 nitrogen and oxygen atoms in total. The van der Waals surface area contributed by atoms with E-state index in [9.17, 15) is 18.3 Å². The van der Waals surface area contributed by atoms with Crippen LogP contribution in [0.15, 0.2) is 59.5 Å². The summed E-state index contributed by atoms with van der Waals surface area (Å²) in [4.78, 5) is 18.6. The van der Waals surface area contributed by atoms with E-state index >= 15 is 0 Å². The van der Waals surface area contributed by atoms with Gasteiger partial charge in [-0.1, -0.05) is 34.8 Å². The maximum atomic E-state index is 13.7. The minimum Gasteiger partial charge on any atom is -0.497 e. The number of hydrogen-bond acceptors (Lipinski definition) is 9. The predicted molar refractivity (Wildman–Crippen MR) is 141 cm³/mol. The Morgan fingerprint density at radius 1 is 1.03 bits per heavy atom. The van der Waals surface area contributed by atoms with Crippen molar-refractivity contribution < 1.29 is 42.1 Å². The van der Waals surface area contributed by atoms with Crippen molar-refractivity contribution in [3.8, 4) is 5.75 Å². The van der Waals surface area contributed by atoms with Crippen molar-refractivity contribution in [3.63, 3.8) is 0 Å². The van der Waals surface area contributed by atoms with E-state index in [2.05, 4.69) is 5.32 Å². The summed E-state index contributed by atoms with van der Waals surface area (Å²) < 4.78 is 49.4. The highest BCUT2D eigenvalue weighted by Crippen LogP contribution is 2.24. The molecule has 2 aliphatic heterocycles. The Kier molecular flexibility index (Phi) is 10.5. The smallest absolute Gasteiger partial charge is 0.407 e. The van der Waals surface area contributed by atoms with E-state index in [0.717, 1.165) is 10.0 Å². The summed E-state index contributed by atoms with van der Waals surface area (Å²) in [7, 11) is -2.69. The van der Waals surface area contributed by atoms with Crippen LogP contribution in [0.4, 0.5) is 4.79 Å². The molecule has 2 saturated heterocycles. The summed E-state index contributed by atoms with van der Waals surface area (Å²) in [5.74, 6) is 0.504. The Labute approximate surface area is 228 Å². The van der Waals surface area contributed by atoms with Crippen molar-refractivity contribution in [2.45, 2.75) is 54.9 Å². The molecule has 2 aromatic carbocycles. The number of hydrogen-bond donors (Lipinski definition) is 2. The average molecular weight is 565 g/mol. The summed E-state index contributed by atoms with van der Waals surface area (Å²) >= 11 is 0. The van der Waals surface area contributed by atoms with Crippen molar-refractivity contribution in [2.24, 2.45) is 0 Å². The largest absolute Gasteiger partial charge is 0.497 e. The lowest BCUT2D eigenvalue weighted by atomic mass is 10.0. The molecule has 2 aliphatic rings. The fraction of sp³-hybridized carbons (Fsp3) is 0.519. The number of sulfonamides is 1. The number of aliphatic hydroxyl groups is 1. The average Bonchev–Trinajstić information content (AvgIpc) is 3.46. The Balaban J connectivity index is 1.55. The Hall–Kier alpha value is -2.74. The van der Waals surface area contributed by atoms with Crippen molar-refractivity contribution in [1.82, 2.24) is 9.79 Å². The summed E-state index contributed by atoms with van der Waals surface area (Å²) in [5, 5.41) is 14.1. The van der Waals surface area contributed by atoms with Crippen molar-refractivity contribution in [3.05, 3.63) is 60.2 Å². The lowest BCUT2D eigenvalue weighted by Crippen LogP contribution is -2.51. The SMILES string of the molecule is COc1ccc(S(=O)(=O)N(C[C@@H](O)C(Cc2ccccc2)NC(=O)O[C@H]2CCOC2)OC2CCOCC2)cc1. The number of carbonyl (C=O) groups excluding carboxylic acids is 1. The molecule has 0 spiro atoms. The highest BCUT2D eigenvalue weighted by molar-refractivity contribution is 7.89. The van der Waals surface area contributed by atoms with Gasteiger partial charge in [-0.05, 0) is 49.1 Å². The molecule has 0 aromatic heterocycles. The zero-order chi connectivity index (χ0) is 27.7. The highest BCUT2D eigenvalue weighted by atomic mass is 32.2. The first kappa shape index (κ1) is 29.2. The number of benzene rings is 2. The van der Waals surface area contributed by atoms with Gasteiger partial charge in [0.2, 0.25) is 0 Å². The lowest BCUT2D eigenvalue weighted by Gasteiger charge is -2.32. The van der Waals surface area contributed by atoms with E-state index < -0.39 is 40.9 Å². The zero-order valence-electron chi connectivity index (χ0n) is 21.9. The van der Waals surface area contributed by atoms with E-state index in [1.807, 2.05) is 30.3 Å². The highest BCUT2D eigenvalue weighted by Gasteiger charge is 2.34. The molecule has 0 bridgehead atoms. The minimum atomic E-state index is -4.18. The number of ether oxygens (including phenoxy) is 4. The molecule has 0 saturated carbocycles. The molecule has 1 amide bonds. The van der Waals surface area contributed by atoms with E-state index in [-0.39, 0.29) is 17.4 Å². The first-order chi connectivity index (χ1) is 18.8. The van der Waals surface area contributed by atoms with Gasteiger partial charge in [-0.2, -0.15) is 0 Å². The number of hydroxylamine groups is 1. The van der Waals surface area contributed by atoms with Gasteiger partial charge >= 0.3 is 6.09 Å². The maximum Gasteiger partial charge on any atom is 0.407 e. The van der Waals surface area contributed by atoms with Crippen molar-refractivity contribution >= 4 is 16.1 Å². The van der Waals surface area contributed by atoms with Gasteiger partial charge < -0.3 is 29.4 Å². The number of methoxy groups -OCH3 is 1. The van der Waals surface area contributed by atoms with Crippen LogP contribution in [0.5, 0.6) is 5.75 Å². The Bertz CT molecular complexity index is 1140. The van der Waals surface area contributed by atoms with Crippen LogP contribution in [-0.4, -0.2) is 88.5 Å². The molecule has 2 heterocycles. The number of aliphatic hydroxyl groups excluding tert-OH is 1. The van der Waals surface area contributed by atoms with E-state index in [4.69, 9.17) is 23.8 Å². The van der Waals surface area contributed by atoms with Crippen LogP contribution in [0.2, 0.25) is 0 Å². The second-order valence-corrected chi connectivity index (χ2v) is 11.3. The third kappa shape index (κ3) is 8.37. The Morgan fingerprint density at radius 2 is 1.69 bits per heavy atom. The van der Waals surface area contributed by atoms with Crippen LogP contribution in [0.25, 0.3) is 0 Å². The first-order valence-electron chi connectivity index (χ1n) is 13.0. The van der Waals surface area contributed by atoms with Crippen LogP contribution < -0.4 is 10.1 Å². The number of carbonyl (C=O) groups is 1. The number of nitrogens with zero attached hydrogens (tertiary/aromatic N) is 1. The van der Waals surface area contributed by atoms with Crippen molar-refractivity contribution in [2.75, 3.05) is 40.1 Å². The van der Waals surface area contributed by atoms with Crippen LogP contribution in [0.3, 0.4) is 0 Å². The summed E-state index contributed by atoms with van der Waals surface area (Å²) in [6, 6.07) is 14.3. The van der Waals surface area contributed by atoms with Crippen LogP contribution in [0, 0.1) is 0 Å². The quantitative estimate of drug-likeness (QED) is 0.373. The molecule has 1 unspecified atom stereocenters. The molecule has 12 heteroatoms. The second-order valence-electron chi connectivity index (χ2n) is 9.48. The summed E-state index contributed by atoms with van der Waals surface area (Å²) in [6.45, 7) is 1.29. The van der Waals surface area contributed by atoms with Crippen molar-refractivity contribution in [1.29, 1.82) is 0 Å². The van der Waals surface area contributed by atoms with Gasteiger partial charge in [0.05, 0.1) is 50.0 Å². The molecule has 0 radical (unpaired) electrons. The predicted octanol–water partition coefficient (Wildman–Crippen LogP) is 2.28. The van der Waals surface area contributed by atoms with Crippen LogP contribution in [-0.2, 0) is 35.5 Å². The first-order valence-corrected chi connectivity index (χ1v) is 14.5. The summed E-state index contributed by atoms with van der Waals surface area (Å²) in [6.07, 6.45) is -0.975. The van der Waals surface area contributed by atoms with Crippen LogP contribution in [0.1, 0.15) is 24.8 Å². The van der Waals surface area contributed by atoms with Crippen LogP contribution >= 0.6 is 0 Å². The molecular formula is C27H36N2O9S. The van der Waals surface area contributed by atoms with Gasteiger partial charge in [-0.3, -0.25) is 4.84 Å². The van der Waals surface area contributed by atoms with E-state index in [1.165, 1.54) is 19.2 Å². The number of rotatable bonds is 12. The molecule has 0 aliphatic carbocycles. The molecule has 39 heavy (non-hydrogen) atoms. The fourth-order valence-electron chi connectivity index (χ4n) is 4.38. The lowest BCUT2D eigenvalue weighted by molar-refractivity contribution is -0.170.